The first-order valence-corrected chi connectivity index (χ1v) is 9.35. The third-order valence-corrected chi connectivity index (χ3v) is 5.03. The Kier molecular flexibility index (Phi) is 5.99. The molecule has 0 unspecified atom stereocenters. The summed E-state index contributed by atoms with van der Waals surface area (Å²) in [6.45, 7) is -0.270. The monoisotopic (exact) mass is 376 g/mol. The standard InChI is InChI=1S/C14H14F2N2O4S2/c15-12-6-3-7-13(16)14(12)24(21,22)18-9-11-5-2-1-4-10(11)8-17-23(19)20/h1-7,18,23H,8-9H2,(H,17,19,20). The van der Waals surface area contributed by atoms with Crippen molar-refractivity contribution in [3.8, 4) is 0 Å². The second-order valence-electron chi connectivity index (χ2n) is 4.74. The molecule has 10 heteroatoms. The van der Waals surface area contributed by atoms with Gasteiger partial charge in [0.25, 0.3) is 0 Å². The Bertz CT molecular complexity index is 886. The molecule has 0 aromatic heterocycles. The smallest absolute Gasteiger partial charge is 0.216 e. The van der Waals surface area contributed by atoms with Crippen molar-refractivity contribution in [3.63, 3.8) is 0 Å². The average Bonchev–Trinajstić information content (AvgIpc) is 2.51. The van der Waals surface area contributed by atoms with Crippen LogP contribution in [0.4, 0.5) is 8.78 Å². The van der Waals surface area contributed by atoms with E-state index in [4.69, 9.17) is 0 Å². The zero-order valence-corrected chi connectivity index (χ0v) is 13.9. The predicted molar refractivity (Wildman–Crippen MR) is 84.0 cm³/mol. The van der Waals surface area contributed by atoms with E-state index < -0.39 is 37.4 Å². The van der Waals surface area contributed by atoms with E-state index in [1.54, 1.807) is 24.3 Å². The van der Waals surface area contributed by atoms with Gasteiger partial charge in [-0.15, -0.1) is 0 Å². The van der Waals surface area contributed by atoms with Crippen molar-refractivity contribution in [2.75, 3.05) is 0 Å². The van der Waals surface area contributed by atoms with Gasteiger partial charge in [-0.1, -0.05) is 30.3 Å². The maximum Gasteiger partial charge on any atom is 0.246 e. The average molecular weight is 376 g/mol. The van der Waals surface area contributed by atoms with Crippen molar-refractivity contribution in [2.45, 2.75) is 18.0 Å². The maximum absolute atomic E-state index is 13.6. The van der Waals surface area contributed by atoms with Gasteiger partial charge in [-0.05, 0) is 23.3 Å². The molecule has 6 nitrogen and oxygen atoms in total. The van der Waals surface area contributed by atoms with E-state index in [2.05, 4.69) is 9.44 Å². The molecule has 0 fully saturated rings. The van der Waals surface area contributed by atoms with E-state index in [0.717, 1.165) is 18.2 Å². The molecule has 2 rings (SSSR count). The van der Waals surface area contributed by atoms with Crippen LogP contribution in [0.15, 0.2) is 47.4 Å². The number of sulfonamides is 1. The minimum atomic E-state index is -4.41. The highest BCUT2D eigenvalue weighted by Gasteiger charge is 2.23. The quantitative estimate of drug-likeness (QED) is 0.630. The minimum Gasteiger partial charge on any atom is -0.216 e. The van der Waals surface area contributed by atoms with Crippen LogP contribution in [0.5, 0.6) is 0 Å². The van der Waals surface area contributed by atoms with E-state index in [-0.39, 0.29) is 13.1 Å². The first kappa shape index (κ1) is 18.5. The lowest BCUT2D eigenvalue weighted by atomic mass is 10.1. The van der Waals surface area contributed by atoms with Crippen molar-refractivity contribution < 1.29 is 25.6 Å². The summed E-state index contributed by atoms with van der Waals surface area (Å²) in [7, 11) is -7.21. The lowest BCUT2D eigenvalue weighted by molar-refractivity contribution is 0.513. The van der Waals surface area contributed by atoms with E-state index in [9.17, 15) is 25.6 Å². The molecular formula is C14H14F2N2O4S2. The Balaban J connectivity index is 2.21. The summed E-state index contributed by atoms with van der Waals surface area (Å²) in [5, 5.41) is 0. The zero-order valence-electron chi connectivity index (χ0n) is 12.2. The molecule has 0 heterocycles. The molecule has 24 heavy (non-hydrogen) atoms. The molecule has 0 aliphatic rings. The fraction of sp³-hybridized carbons (Fsp3) is 0.143. The number of nitrogens with one attached hydrogen (secondary N) is 2. The first-order valence-electron chi connectivity index (χ1n) is 6.69. The fourth-order valence-corrected chi connectivity index (χ4v) is 3.48. The zero-order chi connectivity index (χ0) is 17.7. The molecule has 0 amide bonds. The van der Waals surface area contributed by atoms with Crippen molar-refractivity contribution in [1.29, 1.82) is 0 Å². The Labute approximate surface area is 139 Å². The maximum atomic E-state index is 13.6. The van der Waals surface area contributed by atoms with Gasteiger partial charge in [0.2, 0.25) is 20.9 Å². The van der Waals surface area contributed by atoms with Gasteiger partial charge < -0.3 is 0 Å². The largest absolute Gasteiger partial charge is 0.246 e. The topological polar surface area (TPSA) is 92.3 Å². The lowest BCUT2D eigenvalue weighted by Crippen LogP contribution is -2.26. The first-order chi connectivity index (χ1) is 11.3. The number of hydrogen-bond acceptors (Lipinski definition) is 4. The molecule has 0 radical (unpaired) electrons. The van der Waals surface area contributed by atoms with Crippen LogP contribution in [-0.2, 0) is 34.0 Å². The van der Waals surface area contributed by atoms with Gasteiger partial charge in [0.05, 0.1) is 0 Å². The molecule has 2 aromatic carbocycles. The molecular weight excluding hydrogens is 362 g/mol. The Hall–Kier alpha value is -1.88. The van der Waals surface area contributed by atoms with Crippen LogP contribution in [0.2, 0.25) is 0 Å². The highest BCUT2D eigenvalue weighted by Crippen LogP contribution is 2.19. The second kappa shape index (κ2) is 7.79. The summed E-state index contributed by atoms with van der Waals surface area (Å²) >= 11 is 0. The van der Waals surface area contributed by atoms with Crippen LogP contribution in [0.3, 0.4) is 0 Å². The molecule has 0 aliphatic carbocycles. The van der Waals surface area contributed by atoms with Gasteiger partial charge in [-0.3, -0.25) is 0 Å². The molecule has 2 aromatic rings. The van der Waals surface area contributed by atoms with E-state index in [0.29, 0.717) is 11.1 Å². The number of halogens is 2. The van der Waals surface area contributed by atoms with Crippen molar-refractivity contribution in [2.24, 2.45) is 0 Å². The molecule has 0 saturated carbocycles. The molecule has 0 spiro atoms. The molecule has 0 atom stereocenters. The van der Waals surface area contributed by atoms with Crippen LogP contribution in [0, 0.1) is 11.6 Å². The highest BCUT2D eigenvalue weighted by molar-refractivity contribution is 7.89. The van der Waals surface area contributed by atoms with Gasteiger partial charge in [-0.25, -0.2) is 35.1 Å². The lowest BCUT2D eigenvalue weighted by Gasteiger charge is -2.11. The third-order valence-electron chi connectivity index (χ3n) is 3.16. The number of hydrogen-bond donors (Lipinski definition) is 3. The summed E-state index contributed by atoms with van der Waals surface area (Å²) in [6.07, 6.45) is 0. The third kappa shape index (κ3) is 4.57. The Morgan fingerprint density at radius 2 is 1.42 bits per heavy atom. The van der Waals surface area contributed by atoms with Crippen LogP contribution in [0.1, 0.15) is 11.1 Å². The summed E-state index contributed by atoms with van der Waals surface area (Å²) in [4.78, 5) is -1.05. The molecule has 0 aliphatic heterocycles. The highest BCUT2D eigenvalue weighted by atomic mass is 32.2. The molecule has 2 N–H and O–H groups in total. The van der Waals surface area contributed by atoms with Crippen LogP contribution in [-0.4, -0.2) is 16.8 Å². The molecule has 0 saturated heterocycles. The Morgan fingerprint density at radius 1 is 0.875 bits per heavy atom. The second-order valence-corrected chi connectivity index (χ2v) is 7.27. The summed E-state index contributed by atoms with van der Waals surface area (Å²) in [5.41, 5.74) is 1.01. The number of rotatable bonds is 7. The number of benzene rings is 2. The normalized spacial score (nSPS) is 11.8. The fourth-order valence-electron chi connectivity index (χ4n) is 2.04. The summed E-state index contributed by atoms with van der Waals surface area (Å²) in [6, 6.07) is 9.24. The Morgan fingerprint density at radius 3 is 1.96 bits per heavy atom. The van der Waals surface area contributed by atoms with Crippen molar-refractivity contribution in [1.82, 2.24) is 9.44 Å². The summed E-state index contributed by atoms with van der Waals surface area (Å²) < 4.78 is 77.0. The van der Waals surface area contributed by atoms with Gasteiger partial charge in [0.15, 0.2) is 4.90 Å². The summed E-state index contributed by atoms with van der Waals surface area (Å²) in [5.74, 6) is -2.39. The van der Waals surface area contributed by atoms with Crippen LogP contribution >= 0.6 is 0 Å². The van der Waals surface area contributed by atoms with Crippen LogP contribution < -0.4 is 9.44 Å². The molecule has 0 bridgehead atoms. The van der Waals surface area contributed by atoms with E-state index in [1.165, 1.54) is 0 Å². The minimum absolute atomic E-state index is 0.0232. The SMILES string of the molecule is O=[SH](=O)NCc1ccccc1CNS(=O)(=O)c1c(F)cccc1F. The molecule has 130 valence electrons. The predicted octanol–water partition coefficient (Wildman–Crippen LogP) is 1.06. The van der Waals surface area contributed by atoms with Crippen molar-refractivity contribution >= 4 is 20.9 Å². The van der Waals surface area contributed by atoms with Gasteiger partial charge in [-0.2, -0.15) is 0 Å². The van der Waals surface area contributed by atoms with Gasteiger partial charge in [0, 0.05) is 13.1 Å². The van der Waals surface area contributed by atoms with Gasteiger partial charge in [0.1, 0.15) is 11.6 Å². The van der Waals surface area contributed by atoms with Crippen LogP contribution in [0.25, 0.3) is 0 Å². The van der Waals surface area contributed by atoms with Crippen molar-refractivity contribution in [3.05, 3.63) is 65.2 Å². The van der Waals surface area contributed by atoms with Gasteiger partial charge >= 0.3 is 0 Å². The van der Waals surface area contributed by atoms with E-state index in [1.807, 2.05) is 0 Å². The van der Waals surface area contributed by atoms with E-state index >= 15 is 0 Å². The number of thiol groups is 1.